The molecule has 3 aromatic carbocycles. The fourth-order valence-corrected chi connectivity index (χ4v) is 2.94. The van der Waals surface area contributed by atoms with Crippen LogP contribution in [0.2, 0.25) is 0 Å². The fourth-order valence-electron chi connectivity index (χ4n) is 2.94. The lowest BCUT2D eigenvalue weighted by atomic mass is 10.00. The number of carbonyl (C=O) groups is 2. The van der Waals surface area contributed by atoms with Gasteiger partial charge in [0.2, 0.25) is 0 Å². The highest BCUT2D eigenvalue weighted by molar-refractivity contribution is 5.90. The van der Waals surface area contributed by atoms with E-state index < -0.39 is 24.3 Å². The zero-order valence-corrected chi connectivity index (χ0v) is 15.4. The molecule has 0 bridgehead atoms. The lowest BCUT2D eigenvalue weighted by Gasteiger charge is -2.16. The van der Waals surface area contributed by atoms with E-state index in [4.69, 9.17) is 4.74 Å². The van der Waals surface area contributed by atoms with Gasteiger partial charge in [0.1, 0.15) is 5.82 Å². The molecule has 0 saturated carbocycles. The van der Waals surface area contributed by atoms with E-state index in [9.17, 15) is 14.0 Å². The van der Waals surface area contributed by atoms with E-state index in [-0.39, 0.29) is 11.6 Å². The number of amides is 1. The molecule has 1 amide bonds. The number of hydrogen-bond donors (Lipinski definition) is 1. The summed E-state index contributed by atoms with van der Waals surface area (Å²) in [6.07, 6.45) is 2.41. The summed E-state index contributed by atoms with van der Waals surface area (Å²) in [5, 5.41) is 4.97. The quantitative estimate of drug-likeness (QED) is 0.511. The highest BCUT2D eigenvalue weighted by Crippen LogP contribution is 2.23. The molecule has 5 heteroatoms. The third kappa shape index (κ3) is 4.82. The van der Waals surface area contributed by atoms with Crippen LogP contribution in [-0.4, -0.2) is 18.5 Å². The van der Waals surface area contributed by atoms with Gasteiger partial charge in [0, 0.05) is 11.6 Å². The summed E-state index contributed by atoms with van der Waals surface area (Å²) in [5.41, 5.74) is 1.26. The Hall–Kier alpha value is -3.47. The number of halogens is 1. The maximum Gasteiger partial charge on any atom is 0.331 e. The molecule has 4 nitrogen and oxygen atoms in total. The predicted molar refractivity (Wildman–Crippen MR) is 107 cm³/mol. The van der Waals surface area contributed by atoms with Crippen molar-refractivity contribution in [3.05, 3.63) is 89.8 Å². The minimum absolute atomic E-state index is 0.244. The first-order valence-corrected chi connectivity index (χ1v) is 8.91. The second-order valence-corrected chi connectivity index (χ2v) is 6.32. The normalized spacial score (nSPS) is 12.1. The summed E-state index contributed by atoms with van der Waals surface area (Å²) in [4.78, 5) is 23.9. The topological polar surface area (TPSA) is 55.4 Å². The van der Waals surface area contributed by atoms with E-state index in [0.29, 0.717) is 0 Å². The molecule has 0 saturated heterocycles. The standard InChI is InChI=1S/C23H20FNO3/c1-16(19-11-6-9-17-7-2-4-10-20(17)19)25-22(26)15-28-23(27)14-13-18-8-3-5-12-21(18)24/h2-14,16H,15H2,1H3,(H,25,26)/b14-13+/t16-/m0/s1. The van der Waals surface area contributed by atoms with Gasteiger partial charge in [-0.05, 0) is 35.4 Å². The van der Waals surface area contributed by atoms with Crippen molar-refractivity contribution in [2.45, 2.75) is 13.0 Å². The van der Waals surface area contributed by atoms with Gasteiger partial charge in [-0.3, -0.25) is 4.79 Å². The molecule has 0 aliphatic carbocycles. The van der Waals surface area contributed by atoms with Gasteiger partial charge in [0.05, 0.1) is 6.04 Å². The summed E-state index contributed by atoms with van der Waals surface area (Å²) in [6, 6.07) is 19.6. The van der Waals surface area contributed by atoms with Gasteiger partial charge in [0.25, 0.3) is 5.91 Å². The first-order chi connectivity index (χ1) is 13.5. The lowest BCUT2D eigenvalue weighted by Crippen LogP contribution is -2.31. The molecule has 28 heavy (non-hydrogen) atoms. The molecule has 0 fully saturated rings. The zero-order chi connectivity index (χ0) is 19.9. The number of fused-ring (bicyclic) bond motifs is 1. The fraction of sp³-hybridized carbons (Fsp3) is 0.130. The van der Waals surface area contributed by atoms with E-state index in [1.54, 1.807) is 12.1 Å². The van der Waals surface area contributed by atoms with Crippen molar-refractivity contribution in [2.24, 2.45) is 0 Å². The average molecular weight is 377 g/mol. The van der Waals surface area contributed by atoms with Gasteiger partial charge in [-0.2, -0.15) is 0 Å². The molecule has 142 valence electrons. The Morgan fingerprint density at radius 2 is 1.75 bits per heavy atom. The smallest absolute Gasteiger partial charge is 0.331 e. The van der Waals surface area contributed by atoms with Crippen molar-refractivity contribution in [2.75, 3.05) is 6.61 Å². The van der Waals surface area contributed by atoms with Crippen LogP contribution in [-0.2, 0) is 14.3 Å². The van der Waals surface area contributed by atoms with E-state index in [2.05, 4.69) is 5.32 Å². The number of benzene rings is 3. The number of rotatable bonds is 6. The van der Waals surface area contributed by atoms with Crippen molar-refractivity contribution in [3.63, 3.8) is 0 Å². The van der Waals surface area contributed by atoms with Crippen LogP contribution in [0.4, 0.5) is 4.39 Å². The molecule has 3 rings (SSSR count). The van der Waals surface area contributed by atoms with E-state index in [0.717, 1.165) is 22.4 Å². The minimum Gasteiger partial charge on any atom is -0.452 e. The monoisotopic (exact) mass is 377 g/mol. The Morgan fingerprint density at radius 3 is 2.57 bits per heavy atom. The van der Waals surface area contributed by atoms with Gasteiger partial charge < -0.3 is 10.1 Å². The maximum atomic E-state index is 13.5. The van der Waals surface area contributed by atoms with Crippen molar-refractivity contribution in [1.82, 2.24) is 5.32 Å². The molecule has 0 aliphatic heterocycles. The van der Waals surface area contributed by atoms with E-state index in [1.807, 2.05) is 49.4 Å². The molecule has 0 radical (unpaired) electrons. The second-order valence-electron chi connectivity index (χ2n) is 6.32. The van der Waals surface area contributed by atoms with Crippen molar-refractivity contribution < 1.29 is 18.7 Å². The molecular formula is C23H20FNO3. The largest absolute Gasteiger partial charge is 0.452 e. The van der Waals surface area contributed by atoms with Crippen LogP contribution in [0.3, 0.4) is 0 Å². The molecule has 1 N–H and O–H groups in total. The van der Waals surface area contributed by atoms with Crippen LogP contribution in [0.15, 0.2) is 72.8 Å². The Morgan fingerprint density at radius 1 is 1.04 bits per heavy atom. The molecule has 0 heterocycles. The van der Waals surface area contributed by atoms with Crippen LogP contribution >= 0.6 is 0 Å². The van der Waals surface area contributed by atoms with Crippen LogP contribution < -0.4 is 5.32 Å². The number of ether oxygens (including phenoxy) is 1. The summed E-state index contributed by atoms with van der Waals surface area (Å²) < 4.78 is 18.4. The number of esters is 1. The minimum atomic E-state index is -0.712. The lowest BCUT2D eigenvalue weighted by molar-refractivity contribution is -0.144. The molecule has 1 atom stereocenters. The van der Waals surface area contributed by atoms with Crippen molar-refractivity contribution in [3.8, 4) is 0 Å². The van der Waals surface area contributed by atoms with Crippen LogP contribution in [0.1, 0.15) is 24.1 Å². The molecule has 0 unspecified atom stereocenters. The number of hydrogen-bond acceptors (Lipinski definition) is 3. The molecule has 3 aromatic rings. The highest BCUT2D eigenvalue weighted by atomic mass is 19.1. The molecule has 0 spiro atoms. The van der Waals surface area contributed by atoms with Gasteiger partial charge in [0.15, 0.2) is 6.61 Å². The maximum absolute atomic E-state index is 13.5. The molecule has 0 aliphatic rings. The second kappa shape index (κ2) is 8.95. The SMILES string of the molecule is C[C@H](NC(=O)COC(=O)/C=C/c1ccccc1F)c1cccc2ccccc12. The number of nitrogens with one attached hydrogen (secondary N) is 1. The van der Waals surface area contributed by atoms with Crippen molar-refractivity contribution >= 4 is 28.7 Å². The third-order valence-electron chi connectivity index (χ3n) is 4.32. The molecular weight excluding hydrogens is 357 g/mol. The van der Waals surface area contributed by atoms with Gasteiger partial charge in [-0.25, -0.2) is 9.18 Å². The third-order valence-corrected chi connectivity index (χ3v) is 4.32. The number of carbonyl (C=O) groups excluding carboxylic acids is 2. The molecule has 0 aromatic heterocycles. The highest BCUT2D eigenvalue weighted by Gasteiger charge is 2.13. The van der Waals surface area contributed by atoms with E-state index >= 15 is 0 Å². The van der Waals surface area contributed by atoms with Gasteiger partial charge in [-0.15, -0.1) is 0 Å². The van der Waals surface area contributed by atoms with Crippen LogP contribution in [0.5, 0.6) is 0 Å². The Labute approximate surface area is 162 Å². The predicted octanol–water partition coefficient (Wildman–Crippen LogP) is 4.41. The van der Waals surface area contributed by atoms with Crippen molar-refractivity contribution in [1.29, 1.82) is 0 Å². The van der Waals surface area contributed by atoms with Crippen LogP contribution in [0.25, 0.3) is 16.8 Å². The average Bonchev–Trinajstić information content (AvgIpc) is 2.71. The summed E-state index contributed by atoms with van der Waals surface area (Å²) >= 11 is 0. The summed E-state index contributed by atoms with van der Waals surface area (Å²) in [5.74, 6) is -1.56. The first kappa shape index (κ1) is 19.3. The van der Waals surface area contributed by atoms with E-state index in [1.165, 1.54) is 18.2 Å². The summed E-state index contributed by atoms with van der Waals surface area (Å²) in [7, 11) is 0. The Balaban J connectivity index is 1.55. The Kier molecular flexibility index (Phi) is 6.17. The van der Waals surface area contributed by atoms with Gasteiger partial charge >= 0.3 is 5.97 Å². The van der Waals surface area contributed by atoms with Gasteiger partial charge in [-0.1, -0.05) is 60.7 Å². The first-order valence-electron chi connectivity index (χ1n) is 8.91. The zero-order valence-electron chi connectivity index (χ0n) is 15.4. The summed E-state index contributed by atoms with van der Waals surface area (Å²) in [6.45, 7) is 1.47. The van der Waals surface area contributed by atoms with Crippen LogP contribution in [0, 0.1) is 5.82 Å². The Bertz CT molecular complexity index is 1020.